The molecule has 0 amide bonds. The maximum atomic E-state index is 13.2. The number of hydrogen-bond donors (Lipinski definition) is 1. The topological polar surface area (TPSA) is 63.2 Å². The Morgan fingerprint density at radius 3 is 3.09 bits per heavy atom. The van der Waals surface area contributed by atoms with E-state index in [1.54, 1.807) is 19.4 Å². The third-order valence-corrected chi connectivity index (χ3v) is 3.64. The molecule has 1 aliphatic heterocycles. The standard InChI is InChI=1S/C15H18FN5O/c1-22-15-5-14(18-10-19-15)20-13-2-3-21(9-13)8-11-4-12(16)7-17-6-11/h4-7,10,13H,2-3,8-9H2,1H3,(H,18,19,20). The van der Waals surface area contributed by atoms with Crippen molar-refractivity contribution in [3.63, 3.8) is 0 Å². The van der Waals surface area contributed by atoms with Crippen LogP contribution in [0.2, 0.25) is 0 Å². The number of aromatic nitrogens is 3. The Morgan fingerprint density at radius 1 is 1.36 bits per heavy atom. The van der Waals surface area contributed by atoms with Gasteiger partial charge in [-0.25, -0.2) is 14.4 Å². The van der Waals surface area contributed by atoms with Gasteiger partial charge in [0, 0.05) is 37.9 Å². The van der Waals surface area contributed by atoms with Crippen LogP contribution in [0.3, 0.4) is 0 Å². The van der Waals surface area contributed by atoms with Gasteiger partial charge in [-0.3, -0.25) is 9.88 Å². The van der Waals surface area contributed by atoms with E-state index < -0.39 is 0 Å². The molecular formula is C15H18FN5O. The predicted octanol–water partition coefficient (Wildman–Crippen LogP) is 1.71. The van der Waals surface area contributed by atoms with Crippen molar-refractivity contribution in [3.05, 3.63) is 42.2 Å². The van der Waals surface area contributed by atoms with Crippen LogP contribution < -0.4 is 10.1 Å². The minimum Gasteiger partial charge on any atom is -0.481 e. The highest BCUT2D eigenvalue weighted by Gasteiger charge is 2.22. The van der Waals surface area contributed by atoms with Crippen LogP contribution in [-0.2, 0) is 6.54 Å². The summed E-state index contributed by atoms with van der Waals surface area (Å²) in [6, 6.07) is 3.61. The highest BCUT2D eigenvalue weighted by Crippen LogP contribution is 2.18. The van der Waals surface area contributed by atoms with Crippen molar-refractivity contribution in [1.82, 2.24) is 19.9 Å². The van der Waals surface area contributed by atoms with Crippen LogP contribution in [0.5, 0.6) is 5.88 Å². The van der Waals surface area contributed by atoms with Gasteiger partial charge in [0.2, 0.25) is 5.88 Å². The van der Waals surface area contributed by atoms with E-state index >= 15 is 0 Å². The molecule has 0 radical (unpaired) electrons. The second-order valence-corrected chi connectivity index (χ2v) is 5.32. The first-order valence-electron chi connectivity index (χ1n) is 7.17. The molecule has 1 N–H and O–H groups in total. The van der Waals surface area contributed by atoms with E-state index in [-0.39, 0.29) is 5.82 Å². The molecule has 0 spiro atoms. The molecule has 3 heterocycles. The van der Waals surface area contributed by atoms with E-state index in [4.69, 9.17) is 4.74 Å². The molecule has 6 nitrogen and oxygen atoms in total. The van der Waals surface area contributed by atoms with Gasteiger partial charge >= 0.3 is 0 Å². The Hall–Kier alpha value is -2.28. The van der Waals surface area contributed by atoms with E-state index in [0.717, 1.165) is 30.9 Å². The fourth-order valence-electron chi connectivity index (χ4n) is 2.63. The second kappa shape index (κ2) is 6.65. The SMILES string of the molecule is COc1cc(NC2CCN(Cc3cncc(F)c3)C2)ncn1. The molecule has 1 atom stereocenters. The quantitative estimate of drug-likeness (QED) is 0.907. The van der Waals surface area contributed by atoms with E-state index in [1.807, 2.05) is 0 Å². The smallest absolute Gasteiger partial charge is 0.218 e. The lowest BCUT2D eigenvalue weighted by molar-refractivity contribution is 0.327. The van der Waals surface area contributed by atoms with Gasteiger partial charge in [0.15, 0.2) is 0 Å². The number of pyridine rings is 1. The Morgan fingerprint density at radius 2 is 2.27 bits per heavy atom. The third-order valence-electron chi connectivity index (χ3n) is 3.64. The lowest BCUT2D eigenvalue weighted by Gasteiger charge is -2.17. The second-order valence-electron chi connectivity index (χ2n) is 5.32. The van der Waals surface area contributed by atoms with E-state index in [0.29, 0.717) is 18.5 Å². The van der Waals surface area contributed by atoms with Crippen molar-refractivity contribution in [1.29, 1.82) is 0 Å². The molecular weight excluding hydrogens is 285 g/mol. The van der Waals surface area contributed by atoms with Crippen molar-refractivity contribution >= 4 is 5.82 Å². The Kier molecular flexibility index (Phi) is 4.43. The van der Waals surface area contributed by atoms with Gasteiger partial charge < -0.3 is 10.1 Å². The summed E-state index contributed by atoms with van der Waals surface area (Å²) in [5.41, 5.74) is 0.893. The number of nitrogens with zero attached hydrogens (tertiary/aromatic N) is 4. The van der Waals surface area contributed by atoms with Gasteiger partial charge in [-0.1, -0.05) is 0 Å². The van der Waals surface area contributed by atoms with Crippen LogP contribution in [0.1, 0.15) is 12.0 Å². The molecule has 7 heteroatoms. The van der Waals surface area contributed by atoms with Gasteiger partial charge in [-0.2, -0.15) is 0 Å². The van der Waals surface area contributed by atoms with Gasteiger partial charge in [-0.15, -0.1) is 0 Å². The van der Waals surface area contributed by atoms with Crippen molar-refractivity contribution in [3.8, 4) is 5.88 Å². The van der Waals surface area contributed by atoms with Crippen molar-refractivity contribution in [2.24, 2.45) is 0 Å². The number of nitrogens with one attached hydrogen (secondary N) is 1. The summed E-state index contributed by atoms with van der Waals surface area (Å²) in [4.78, 5) is 14.3. The molecule has 3 rings (SSSR count). The van der Waals surface area contributed by atoms with Crippen molar-refractivity contribution < 1.29 is 9.13 Å². The molecule has 0 bridgehead atoms. The Bertz CT molecular complexity index is 639. The lowest BCUT2D eigenvalue weighted by Crippen LogP contribution is -2.26. The predicted molar refractivity (Wildman–Crippen MR) is 80.1 cm³/mol. The average Bonchev–Trinajstić information content (AvgIpc) is 2.94. The Labute approximate surface area is 128 Å². The lowest BCUT2D eigenvalue weighted by atomic mass is 10.2. The molecule has 22 heavy (non-hydrogen) atoms. The van der Waals surface area contributed by atoms with E-state index in [9.17, 15) is 4.39 Å². The number of halogens is 1. The summed E-state index contributed by atoms with van der Waals surface area (Å²) in [7, 11) is 1.58. The molecule has 2 aromatic heterocycles. The maximum absolute atomic E-state index is 13.2. The highest BCUT2D eigenvalue weighted by atomic mass is 19.1. The summed E-state index contributed by atoms with van der Waals surface area (Å²) in [6.45, 7) is 2.54. The first-order chi connectivity index (χ1) is 10.7. The molecule has 0 aliphatic carbocycles. The van der Waals surface area contributed by atoms with Gasteiger partial charge in [0.25, 0.3) is 0 Å². The van der Waals surface area contributed by atoms with Gasteiger partial charge in [0.1, 0.15) is 18.0 Å². The highest BCUT2D eigenvalue weighted by molar-refractivity contribution is 5.38. The molecule has 0 aromatic carbocycles. The molecule has 116 valence electrons. The van der Waals surface area contributed by atoms with Gasteiger partial charge in [0.05, 0.1) is 13.3 Å². The zero-order chi connectivity index (χ0) is 15.4. The zero-order valence-electron chi connectivity index (χ0n) is 12.4. The molecule has 2 aromatic rings. The minimum absolute atomic E-state index is 0.292. The molecule has 1 fully saturated rings. The summed E-state index contributed by atoms with van der Waals surface area (Å²) in [5, 5.41) is 3.38. The van der Waals surface area contributed by atoms with Crippen LogP contribution in [0.15, 0.2) is 30.9 Å². The summed E-state index contributed by atoms with van der Waals surface area (Å²) in [6.07, 6.45) is 5.42. The normalized spacial score (nSPS) is 18.4. The van der Waals surface area contributed by atoms with Crippen LogP contribution >= 0.6 is 0 Å². The van der Waals surface area contributed by atoms with Crippen LogP contribution in [0, 0.1) is 5.82 Å². The number of anilines is 1. The van der Waals surface area contributed by atoms with Crippen LogP contribution in [0.25, 0.3) is 0 Å². The molecule has 1 saturated heterocycles. The molecule has 0 saturated carbocycles. The summed E-state index contributed by atoms with van der Waals surface area (Å²) >= 11 is 0. The van der Waals surface area contributed by atoms with E-state index in [2.05, 4.69) is 25.2 Å². The van der Waals surface area contributed by atoms with E-state index in [1.165, 1.54) is 18.6 Å². The fourth-order valence-corrected chi connectivity index (χ4v) is 2.63. The number of methoxy groups -OCH3 is 1. The maximum Gasteiger partial charge on any atom is 0.218 e. The van der Waals surface area contributed by atoms with Crippen molar-refractivity contribution in [2.45, 2.75) is 19.0 Å². The van der Waals surface area contributed by atoms with Gasteiger partial charge in [-0.05, 0) is 18.1 Å². The first-order valence-corrected chi connectivity index (χ1v) is 7.17. The fraction of sp³-hybridized carbons (Fsp3) is 0.400. The largest absolute Gasteiger partial charge is 0.481 e. The molecule has 1 aliphatic rings. The monoisotopic (exact) mass is 303 g/mol. The molecule has 1 unspecified atom stereocenters. The average molecular weight is 303 g/mol. The number of rotatable bonds is 5. The van der Waals surface area contributed by atoms with Crippen LogP contribution in [0.4, 0.5) is 10.2 Å². The minimum atomic E-state index is -0.292. The Balaban J connectivity index is 1.55. The number of hydrogen-bond acceptors (Lipinski definition) is 6. The third kappa shape index (κ3) is 3.67. The summed E-state index contributed by atoms with van der Waals surface area (Å²) in [5.74, 6) is 1.00. The first kappa shape index (κ1) is 14.6. The zero-order valence-corrected chi connectivity index (χ0v) is 12.4. The van der Waals surface area contributed by atoms with Crippen molar-refractivity contribution in [2.75, 3.05) is 25.5 Å². The van der Waals surface area contributed by atoms with Crippen LogP contribution in [-0.4, -0.2) is 46.1 Å². The number of ether oxygens (including phenoxy) is 1. The summed E-state index contributed by atoms with van der Waals surface area (Å²) < 4.78 is 18.2. The number of likely N-dealkylation sites (tertiary alicyclic amines) is 1.